The van der Waals surface area contributed by atoms with E-state index in [-0.39, 0.29) is 24.3 Å². The zero-order chi connectivity index (χ0) is 15.7. The van der Waals surface area contributed by atoms with E-state index in [0.29, 0.717) is 17.6 Å². The molecule has 1 aromatic carbocycles. The molecule has 0 spiro atoms. The first kappa shape index (κ1) is 15.2. The minimum atomic E-state index is -0.362. The van der Waals surface area contributed by atoms with Crippen molar-refractivity contribution in [3.63, 3.8) is 0 Å². The lowest BCUT2D eigenvalue weighted by atomic mass is 9.85. The maximum atomic E-state index is 12.6. The highest BCUT2D eigenvalue weighted by atomic mass is 16.2. The van der Waals surface area contributed by atoms with Crippen LogP contribution in [0.5, 0.6) is 0 Å². The third-order valence-electron chi connectivity index (χ3n) is 4.97. The van der Waals surface area contributed by atoms with Gasteiger partial charge in [-0.15, -0.1) is 0 Å². The molecule has 0 bridgehead atoms. The van der Waals surface area contributed by atoms with E-state index in [9.17, 15) is 9.59 Å². The predicted molar refractivity (Wildman–Crippen MR) is 86.6 cm³/mol. The van der Waals surface area contributed by atoms with Gasteiger partial charge in [0.15, 0.2) is 0 Å². The molecule has 3 rings (SSSR count). The number of carbonyl (C=O) groups excluding carboxylic acids is 2. The minimum absolute atomic E-state index is 0.102. The van der Waals surface area contributed by atoms with Crippen LogP contribution in [0.15, 0.2) is 24.3 Å². The summed E-state index contributed by atoms with van der Waals surface area (Å²) < 4.78 is 0. The Morgan fingerprint density at radius 2 is 1.77 bits per heavy atom. The number of amides is 2. The molecule has 0 aromatic heterocycles. The third kappa shape index (κ3) is 2.93. The molecule has 0 radical (unpaired) electrons. The van der Waals surface area contributed by atoms with Crippen LogP contribution in [0.3, 0.4) is 0 Å². The monoisotopic (exact) mass is 300 g/mol. The van der Waals surface area contributed by atoms with Crippen LogP contribution in [0.1, 0.15) is 44.6 Å². The van der Waals surface area contributed by atoms with Crippen LogP contribution in [-0.4, -0.2) is 23.9 Å². The Morgan fingerprint density at radius 3 is 2.45 bits per heavy atom. The Morgan fingerprint density at radius 1 is 1.09 bits per heavy atom. The zero-order valence-corrected chi connectivity index (χ0v) is 13.3. The normalized spacial score (nSPS) is 29.2. The molecule has 1 saturated carbocycles. The molecule has 118 valence electrons. The van der Waals surface area contributed by atoms with Gasteiger partial charge in [-0.3, -0.25) is 9.59 Å². The molecule has 2 fully saturated rings. The Balaban J connectivity index is 1.72. The van der Waals surface area contributed by atoms with E-state index in [1.54, 1.807) is 0 Å². The summed E-state index contributed by atoms with van der Waals surface area (Å²) in [5.74, 6) is 0.367. The summed E-state index contributed by atoms with van der Waals surface area (Å²) in [4.78, 5) is 26.2. The molecule has 0 unspecified atom stereocenters. The van der Waals surface area contributed by atoms with Crippen LogP contribution < -0.4 is 10.2 Å². The number of imide groups is 1. The molecule has 1 aliphatic carbocycles. The molecule has 4 nitrogen and oxygen atoms in total. The van der Waals surface area contributed by atoms with Gasteiger partial charge in [0.05, 0.1) is 18.2 Å². The van der Waals surface area contributed by atoms with E-state index in [2.05, 4.69) is 12.2 Å². The average Bonchev–Trinajstić information content (AvgIpc) is 2.77. The third-order valence-corrected chi connectivity index (χ3v) is 4.97. The van der Waals surface area contributed by atoms with Gasteiger partial charge >= 0.3 is 0 Å². The maximum absolute atomic E-state index is 12.6. The molecular weight excluding hydrogens is 276 g/mol. The fourth-order valence-corrected chi connectivity index (χ4v) is 3.55. The highest BCUT2D eigenvalue weighted by Crippen LogP contribution is 2.27. The summed E-state index contributed by atoms with van der Waals surface area (Å²) in [6.45, 7) is 4.22. The lowest BCUT2D eigenvalue weighted by Gasteiger charge is -2.31. The summed E-state index contributed by atoms with van der Waals surface area (Å²) in [7, 11) is 0. The second-order valence-corrected chi connectivity index (χ2v) is 6.69. The van der Waals surface area contributed by atoms with Crippen LogP contribution in [-0.2, 0) is 9.59 Å². The quantitative estimate of drug-likeness (QED) is 0.873. The molecule has 1 aromatic rings. The number of anilines is 1. The van der Waals surface area contributed by atoms with E-state index in [1.165, 1.54) is 24.2 Å². The molecule has 4 heteroatoms. The zero-order valence-electron chi connectivity index (χ0n) is 13.3. The maximum Gasteiger partial charge on any atom is 0.251 e. The van der Waals surface area contributed by atoms with Crippen molar-refractivity contribution in [3.8, 4) is 0 Å². The van der Waals surface area contributed by atoms with E-state index in [0.717, 1.165) is 12.0 Å². The summed E-state index contributed by atoms with van der Waals surface area (Å²) in [5.41, 5.74) is 1.80. The molecule has 1 heterocycles. The fraction of sp³-hybridized carbons (Fsp3) is 0.556. The number of hydrogen-bond acceptors (Lipinski definition) is 3. The van der Waals surface area contributed by atoms with Crippen molar-refractivity contribution in [2.75, 3.05) is 4.90 Å². The van der Waals surface area contributed by atoms with E-state index < -0.39 is 0 Å². The van der Waals surface area contributed by atoms with Gasteiger partial charge in [0, 0.05) is 6.04 Å². The Bertz CT molecular complexity index is 567. The summed E-state index contributed by atoms with van der Waals surface area (Å²) in [6.07, 6.45) is 5.05. The number of rotatable bonds is 3. The first-order valence-corrected chi connectivity index (χ1v) is 8.26. The molecule has 3 atom stereocenters. The van der Waals surface area contributed by atoms with Crippen molar-refractivity contribution in [1.29, 1.82) is 0 Å². The molecule has 2 aliphatic rings. The van der Waals surface area contributed by atoms with Gasteiger partial charge in [0.2, 0.25) is 5.91 Å². The van der Waals surface area contributed by atoms with Crippen LogP contribution in [0.4, 0.5) is 5.69 Å². The van der Waals surface area contributed by atoms with Crippen LogP contribution in [0, 0.1) is 12.8 Å². The number of aryl methyl sites for hydroxylation is 1. The van der Waals surface area contributed by atoms with Gasteiger partial charge < -0.3 is 5.32 Å². The van der Waals surface area contributed by atoms with Gasteiger partial charge in [0.25, 0.3) is 5.91 Å². The van der Waals surface area contributed by atoms with Crippen LogP contribution in [0.25, 0.3) is 0 Å². The summed E-state index contributed by atoms with van der Waals surface area (Å²) >= 11 is 0. The Labute approximate surface area is 131 Å². The lowest BCUT2D eigenvalue weighted by molar-refractivity contribution is -0.121. The molecule has 2 amide bonds. The first-order valence-electron chi connectivity index (χ1n) is 8.26. The largest absolute Gasteiger partial charge is 0.302 e. The number of nitrogens with one attached hydrogen (secondary N) is 1. The Hall–Kier alpha value is -1.68. The van der Waals surface area contributed by atoms with Crippen molar-refractivity contribution in [2.45, 2.75) is 58.0 Å². The smallest absolute Gasteiger partial charge is 0.251 e. The molecule has 1 N–H and O–H groups in total. The van der Waals surface area contributed by atoms with Crippen molar-refractivity contribution in [1.82, 2.24) is 5.32 Å². The second-order valence-electron chi connectivity index (χ2n) is 6.69. The predicted octanol–water partition coefficient (Wildman–Crippen LogP) is 2.80. The number of carbonyl (C=O) groups is 2. The minimum Gasteiger partial charge on any atom is -0.302 e. The topological polar surface area (TPSA) is 49.4 Å². The van der Waals surface area contributed by atoms with Crippen molar-refractivity contribution in [3.05, 3.63) is 29.8 Å². The Kier molecular flexibility index (Phi) is 4.30. The van der Waals surface area contributed by atoms with E-state index >= 15 is 0 Å². The van der Waals surface area contributed by atoms with Gasteiger partial charge in [-0.2, -0.15) is 0 Å². The highest BCUT2D eigenvalue weighted by molar-refractivity contribution is 6.22. The summed E-state index contributed by atoms with van der Waals surface area (Å²) in [5, 5.41) is 3.45. The molecular formula is C18H24N2O2. The second kappa shape index (κ2) is 6.21. The standard InChI is InChI=1S/C18H24N2O2/c1-12-7-9-14(10-8-12)20-17(21)11-16(18(20)22)19-15-6-4-3-5-13(15)2/h7-10,13,15-16,19H,3-6,11H2,1-2H3/t13-,15-,16-/m1/s1. The van der Waals surface area contributed by atoms with Crippen molar-refractivity contribution < 1.29 is 9.59 Å². The van der Waals surface area contributed by atoms with Crippen molar-refractivity contribution >= 4 is 17.5 Å². The van der Waals surface area contributed by atoms with Gasteiger partial charge in [0.1, 0.15) is 0 Å². The van der Waals surface area contributed by atoms with Crippen LogP contribution in [0.2, 0.25) is 0 Å². The number of benzene rings is 1. The first-order chi connectivity index (χ1) is 10.6. The molecule has 1 saturated heterocycles. The van der Waals surface area contributed by atoms with Gasteiger partial charge in [-0.1, -0.05) is 37.5 Å². The van der Waals surface area contributed by atoms with Gasteiger partial charge in [-0.05, 0) is 37.8 Å². The SMILES string of the molecule is Cc1ccc(N2C(=O)C[C@@H](N[C@@H]3CCCC[C@H]3C)C2=O)cc1. The average molecular weight is 300 g/mol. The van der Waals surface area contributed by atoms with E-state index in [4.69, 9.17) is 0 Å². The fourth-order valence-electron chi connectivity index (χ4n) is 3.55. The molecule has 1 aliphatic heterocycles. The van der Waals surface area contributed by atoms with Crippen LogP contribution >= 0.6 is 0 Å². The lowest BCUT2D eigenvalue weighted by Crippen LogP contribution is -2.47. The highest BCUT2D eigenvalue weighted by Gasteiger charge is 2.41. The van der Waals surface area contributed by atoms with Gasteiger partial charge in [-0.25, -0.2) is 4.90 Å². The molecule has 22 heavy (non-hydrogen) atoms. The van der Waals surface area contributed by atoms with E-state index in [1.807, 2.05) is 31.2 Å². The van der Waals surface area contributed by atoms with Crippen molar-refractivity contribution in [2.24, 2.45) is 5.92 Å². The summed E-state index contributed by atoms with van der Waals surface area (Å²) in [6, 6.07) is 7.54. The number of hydrogen-bond donors (Lipinski definition) is 1. The number of nitrogens with zero attached hydrogens (tertiary/aromatic N) is 1.